The van der Waals surface area contributed by atoms with Gasteiger partial charge in [0.05, 0.1) is 5.56 Å². The van der Waals surface area contributed by atoms with E-state index in [1.165, 1.54) is 19.3 Å². The van der Waals surface area contributed by atoms with Gasteiger partial charge < -0.3 is 4.74 Å². The minimum Gasteiger partial charge on any atom is -0.458 e. The van der Waals surface area contributed by atoms with E-state index < -0.39 is 0 Å². The van der Waals surface area contributed by atoms with Gasteiger partial charge in [-0.25, -0.2) is 4.79 Å². The summed E-state index contributed by atoms with van der Waals surface area (Å²) in [7, 11) is 0. The zero-order valence-electron chi connectivity index (χ0n) is 13.0. The average Bonchev–Trinajstić information content (AvgIpc) is 2.43. The molecule has 3 atom stereocenters. The minimum absolute atomic E-state index is 0.104. The van der Waals surface area contributed by atoms with Crippen LogP contribution in [0.15, 0.2) is 28.7 Å². The van der Waals surface area contributed by atoms with Crippen molar-refractivity contribution in [1.29, 1.82) is 0 Å². The molecule has 1 saturated heterocycles. The maximum absolute atomic E-state index is 12.2. The lowest BCUT2D eigenvalue weighted by Gasteiger charge is -2.40. The van der Waals surface area contributed by atoms with Crippen molar-refractivity contribution in [3.8, 4) is 0 Å². The van der Waals surface area contributed by atoms with Crippen LogP contribution in [-0.4, -0.2) is 35.6 Å². The van der Waals surface area contributed by atoms with E-state index in [0.717, 1.165) is 11.0 Å². The Morgan fingerprint density at radius 3 is 2.57 bits per heavy atom. The summed E-state index contributed by atoms with van der Waals surface area (Å²) >= 11 is 3.39. The van der Waals surface area contributed by atoms with Gasteiger partial charge in [0, 0.05) is 23.1 Å². The van der Waals surface area contributed by atoms with Crippen molar-refractivity contribution in [3.05, 3.63) is 34.3 Å². The first-order chi connectivity index (χ1) is 9.99. The van der Waals surface area contributed by atoms with Crippen molar-refractivity contribution < 1.29 is 9.53 Å². The molecule has 4 heteroatoms. The second-order valence-electron chi connectivity index (χ2n) is 6.02. The molecule has 1 aliphatic rings. The van der Waals surface area contributed by atoms with Crippen LogP contribution < -0.4 is 0 Å². The molecule has 1 fully saturated rings. The fraction of sp³-hybridized carbons (Fsp3) is 0.588. The molecule has 0 saturated carbocycles. The minimum atomic E-state index is -0.257. The quantitative estimate of drug-likeness (QED) is 0.757. The summed E-state index contributed by atoms with van der Waals surface area (Å²) in [6, 6.07) is 8.51. The highest BCUT2D eigenvalue weighted by Gasteiger charge is 2.27. The van der Waals surface area contributed by atoms with Crippen LogP contribution in [0.5, 0.6) is 0 Å². The summed E-state index contributed by atoms with van der Waals surface area (Å²) in [5, 5.41) is 0. The first kappa shape index (κ1) is 16.5. The zero-order chi connectivity index (χ0) is 15.4. The number of piperidine rings is 1. The molecule has 1 aliphatic heterocycles. The van der Waals surface area contributed by atoms with Crippen molar-refractivity contribution in [2.24, 2.45) is 0 Å². The third-order valence-electron chi connectivity index (χ3n) is 4.25. The molecule has 2 rings (SSSR count). The monoisotopic (exact) mass is 353 g/mol. The van der Waals surface area contributed by atoms with E-state index in [0.29, 0.717) is 17.6 Å². The molecule has 0 N–H and O–H groups in total. The number of rotatable bonds is 4. The lowest BCUT2D eigenvalue weighted by atomic mass is 9.97. The molecule has 0 bridgehead atoms. The van der Waals surface area contributed by atoms with Gasteiger partial charge in [0.1, 0.15) is 6.10 Å². The lowest BCUT2D eigenvalue weighted by molar-refractivity contribution is 0.00804. The maximum Gasteiger partial charge on any atom is 0.339 e. The highest BCUT2D eigenvalue weighted by Crippen LogP contribution is 2.23. The van der Waals surface area contributed by atoms with Crippen LogP contribution >= 0.6 is 15.9 Å². The Kier molecular flexibility index (Phi) is 5.82. The Morgan fingerprint density at radius 1 is 1.33 bits per heavy atom. The van der Waals surface area contributed by atoms with Crippen molar-refractivity contribution in [2.45, 2.75) is 58.2 Å². The summed E-state index contributed by atoms with van der Waals surface area (Å²) < 4.78 is 6.39. The molecule has 0 radical (unpaired) electrons. The van der Waals surface area contributed by atoms with Crippen LogP contribution in [0.3, 0.4) is 0 Å². The molecule has 1 aromatic rings. The van der Waals surface area contributed by atoms with Crippen LogP contribution in [0, 0.1) is 0 Å². The molecule has 0 aliphatic carbocycles. The second-order valence-corrected chi connectivity index (χ2v) is 6.88. The molecule has 0 unspecified atom stereocenters. The third kappa shape index (κ3) is 4.30. The van der Waals surface area contributed by atoms with Gasteiger partial charge in [-0.05, 0) is 61.7 Å². The van der Waals surface area contributed by atoms with Crippen LogP contribution in [0.2, 0.25) is 0 Å². The first-order valence-electron chi connectivity index (χ1n) is 7.70. The zero-order valence-corrected chi connectivity index (χ0v) is 14.6. The number of carbonyl (C=O) groups is 1. The Balaban J connectivity index is 1.93. The number of hydrogen-bond acceptors (Lipinski definition) is 3. The smallest absolute Gasteiger partial charge is 0.339 e. The van der Waals surface area contributed by atoms with Gasteiger partial charge in [-0.15, -0.1) is 0 Å². The Hall–Kier alpha value is -0.870. The van der Waals surface area contributed by atoms with Crippen LogP contribution in [0.1, 0.15) is 50.4 Å². The van der Waals surface area contributed by atoms with E-state index in [1.54, 1.807) is 6.07 Å². The van der Waals surface area contributed by atoms with Crippen molar-refractivity contribution in [2.75, 3.05) is 6.54 Å². The van der Waals surface area contributed by atoms with E-state index in [4.69, 9.17) is 4.74 Å². The topological polar surface area (TPSA) is 29.5 Å². The van der Waals surface area contributed by atoms with Crippen LogP contribution in [0.25, 0.3) is 0 Å². The molecule has 3 nitrogen and oxygen atoms in total. The lowest BCUT2D eigenvalue weighted by Crippen LogP contribution is -2.47. The van der Waals surface area contributed by atoms with Gasteiger partial charge in [0.2, 0.25) is 0 Å². The third-order valence-corrected chi connectivity index (χ3v) is 4.94. The van der Waals surface area contributed by atoms with E-state index in [9.17, 15) is 4.79 Å². The summed E-state index contributed by atoms with van der Waals surface area (Å²) in [6.07, 6.45) is 3.65. The summed E-state index contributed by atoms with van der Waals surface area (Å²) in [6.45, 7) is 7.30. The fourth-order valence-corrected chi connectivity index (χ4v) is 3.49. The largest absolute Gasteiger partial charge is 0.458 e. The Bertz CT molecular complexity index is 481. The number of hydrogen-bond donors (Lipinski definition) is 0. The predicted octanol–water partition coefficient (Wildman–Crippen LogP) is 4.26. The number of likely N-dealkylation sites (tertiary alicyclic amines) is 1. The van der Waals surface area contributed by atoms with Crippen molar-refractivity contribution >= 4 is 21.9 Å². The average molecular weight is 354 g/mol. The molecule has 21 heavy (non-hydrogen) atoms. The molecule has 0 spiro atoms. The van der Waals surface area contributed by atoms with Gasteiger partial charge in [-0.1, -0.05) is 18.6 Å². The first-order valence-corrected chi connectivity index (χ1v) is 8.49. The molecule has 0 amide bonds. The molecule has 0 aromatic heterocycles. The number of carbonyl (C=O) groups excluding carboxylic acids is 1. The van der Waals surface area contributed by atoms with Crippen LogP contribution in [-0.2, 0) is 4.74 Å². The SMILES string of the molecule is C[C@@H]1CCC[C@H](C)N1C[C@H](C)OC(=O)c1ccccc1Br. The Morgan fingerprint density at radius 2 is 1.95 bits per heavy atom. The van der Waals surface area contributed by atoms with E-state index >= 15 is 0 Å². The Labute approximate surface area is 135 Å². The van der Waals surface area contributed by atoms with Gasteiger partial charge in [-0.2, -0.15) is 0 Å². The fourth-order valence-electron chi connectivity index (χ4n) is 3.04. The normalized spacial score (nSPS) is 24.6. The van der Waals surface area contributed by atoms with Gasteiger partial charge >= 0.3 is 5.97 Å². The second kappa shape index (κ2) is 7.41. The number of ether oxygens (including phenoxy) is 1. The number of benzene rings is 1. The van der Waals surface area contributed by atoms with Crippen molar-refractivity contribution in [1.82, 2.24) is 4.90 Å². The van der Waals surface area contributed by atoms with Gasteiger partial charge in [-0.3, -0.25) is 4.90 Å². The van der Waals surface area contributed by atoms with E-state index in [2.05, 4.69) is 34.7 Å². The van der Waals surface area contributed by atoms with Gasteiger partial charge in [0.25, 0.3) is 0 Å². The summed E-state index contributed by atoms with van der Waals surface area (Å²) in [4.78, 5) is 14.7. The highest BCUT2D eigenvalue weighted by molar-refractivity contribution is 9.10. The number of nitrogens with zero attached hydrogens (tertiary/aromatic N) is 1. The van der Waals surface area contributed by atoms with Crippen molar-refractivity contribution in [3.63, 3.8) is 0 Å². The predicted molar refractivity (Wildman–Crippen MR) is 88.5 cm³/mol. The summed E-state index contributed by atoms with van der Waals surface area (Å²) in [5.41, 5.74) is 0.587. The number of halogens is 1. The molecular weight excluding hydrogens is 330 g/mol. The highest BCUT2D eigenvalue weighted by atomic mass is 79.9. The van der Waals surface area contributed by atoms with E-state index in [-0.39, 0.29) is 12.1 Å². The standard InChI is InChI=1S/C17H24BrNO2/c1-12-7-6-8-13(2)19(12)11-14(3)21-17(20)15-9-4-5-10-16(15)18/h4-5,9-10,12-14H,6-8,11H2,1-3H3/t12-,13+,14-/m0/s1. The molecule has 1 heterocycles. The number of esters is 1. The molecular formula is C17H24BrNO2. The summed E-state index contributed by atoms with van der Waals surface area (Å²) in [5.74, 6) is -0.257. The maximum atomic E-state index is 12.2. The molecule has 116 valence electrons. The molecule has 1 aromatic carbocycles. The van der Waals surface area contributed by atoms with Gasteiger partial charge in [0.15, 0.2) is 0 Å². The van der Waals surface area contributed by atoms with E-state index in [1.807, 2.05) is 25.1 Å². The van der Waals surface area contributed by atoms with Crippen LogP contribution in [0.4, 0.5) is 0 Å².